The molecule has 0 unspecified atom stereocenters. The van der Waals surface area contributed by atoms with Crippen molar-refractivity contribution in [1.82, 2.24) is 0 Å². The highest BCUT2D eigenvalue weighted by molar-refractivity contribution is 8.05. The van der Waals surface area contributed by atoms with Crippen LogP contribution in [-0.2, 0) is 9.84 Å². The minimum absolute atomic E-state index is 0.160. The average molecular weight is 175 g/mol. The maximum Gasteiger partial charge on any atom is 0.188 e. The number of hydrogen-bond donors (Lipinski definition) is 0. The predicted octanol–water partition coefficient (Wildman–Crippen LogP) is 1.37. The van der Waals surface area contributed by atoms with Gasteiger partial charge in [0.2, 0.25) is 0 Å². The summed E-state index contributed by atoms with van der Waals surface area (Å²) in [4.78, 5) is 3.86. The summed E-state index contributed by atoms with van der Waals surface area (Å²) in [6, 6.07) is 0. The second-order valence-corrected chi connectivity index (χ2v) is 4.47. The van der Waals surface area contributed by atoms with Crippen molar-refractivity contribution in [2.45, 2.75) is 20.8 Å². The summed E-state index contributed by atoms with van der Waals surface area (Å²) in [5.74, 6) is 0. The van der Waals surface area contributed by atoms with Gasteiger partial charge < -0.3 is 0 Å². The third-order valence-corrected chi connectivity index (χ3v) is 2.45. The van der Waals surface area contributed by atoms with Crippen LogP contribution in [0.2, 0.25) is 0 Å². The Morgan fingerprint density at radius 2 is 1.82 bits per heavy atom. The zero-order valence-corrected chi connectivity index (χ0v) is 8.07. The van der Waals surface area contributed by atoms with Crippen molar-refractivity contribution in [2.24, 2.45) is 4.99 Å². The van der Waals surface area contributed by atoms with E-state index in [2.05, 4.69) is 4.99 Å². The summed E-state index contributed by atoms with van der Waals surface area (Å²) in [5, 5.41) is 0.160. The molecule has 0 fully saturated rings. The van der Waals surface area contributed by atoms with Crippen LogP contribution in [-0.4, -0.2) is 19.7 Å². The smallest absolute Gasteiger partial charge is 0.188 e. The van der Waals surface area contributed by atoms with E-state index in [1.54, 1.807) is 13.0 Å². The van der Waals surface area contributed by atoms with E-state index in [4.69, 9.17) is 0 Å². The molecule has 0 rings (SSSR count). The second kappa shape index (κ2) is 3.67. The first-order chi connectivity index (χ1) is 4.88. The highest BCUT2D eigenvalue weighted by Crippen LogP contribution is 1.98. The molecule has 0 amide bonds. The number of rotatable bonds is 1. The van der Waals surface area contributed by atoms with Crippen molar-refractivity contribution in [2.75, 3.05) is 6.26 Å². The molecule has 0 aliphatic rings. The molecule has 0 atom stereocenters. The molecule has 0 heterocycles. The van der Waals surface area contributed by atoms with Gasteiger partial charge in [-0.15, -0.1) is 0 Å². The van der Waals surface area contributed by atoms with Gasteiger partial charge in [0.25, 0.3) is 0 Å². The molecule has 0 saturated heterocycles. The van der Waals surface area contributed by atoms with Crippen LogP contribution < -0.4 is 0 Å². The zero-order chi connectivity index (χ0) is 9.07. The van der Waals surface area contributed by atoms with Gasteiger partial charge in [-0.1, -0.05) is 6.08 Å². The maximum absolute atomic E-state index is 10.8. The Labute approximate surface area is 67.8 Å². The highest BCUT2D eigenvalue weighted by atomic mass is 32.2. The van der Waals surface area contributed by atoms with Crippen molar-refractivity contribution in [3.8, 4) is 0 Å². The maximum atomic E-state index is 10.8. The van der Waals surface area contributed by atoms with Gasteiger partial charge in [0.15, 0.2) is 9.84 Å². The lowest BCUT2D eigenvalue weighted by Gasteiger charge is -1.95. The molecule has 64 valence electrons. The molecular formula is C7H13NO2S. The third-order valence-electron chi connectivity index (χ3n) is 1.29. The van der Waals surface area contributed by atoms with Crippen LogP contribution in [0.5, 0.6) is 0 Å². The van der Waals surface area contributed by atoms with E-state index in [1.165, 1.54) is 6.92 Å². The quantitative estimate of drug-likeness (QED) is 0.446. The van der Waals surface area contributed by atoms with Crippen molar-refractivity contribution in [1.29, 1.82) is 0 Å². The van der Waals surface area contributed by atoms with Gasteiger partial charge in [-0.05, 0) is 20.8 Å². The molecule has 0 aromatic carbocycles. The van der Waals surface area contributed by atoms with E-state index >= 15 is 0 Å². The van der Waals surface area contributed by atoms with Crippen LogP contribution in [0.15, 0.2) is 16.8 Å². The minimum atomic E-state index is -3.10. The number of aliphatic imine (C=N–C) groups is 1. The van der Waals surface area contributed by atoms with E-state index in [0.29, 0.717) is 5.70 Å². The number of hydrogen-bond acceptors (Lipinski definition) is 3. The Bertz CT molecular complexity index is 286. The van der Waals surface area contributed by atoms with Gasteiger partial charge in [0, 0.05) is 12.0 Å². The van der Waals surface area contributed by atoms with Gasteiger partial charge in [-0.25, -0.2) is 13.4 Å². The zero-order valence-electron chi connectivity index (χ0n) is 7.25. The lowest BCUT2D eigenvalue weighted by Crippen LogP contribution is -2.08. The summed E-state index contributed by atoms with van der Waals surface area (Å²) in [6.07, 6.45) is 2.91. The minimum Gasteiger partial charge on any atom is -0.247 e. The first kappa shape index (κ1) is 10.4. The van der Waals surface area contributed by atoms with Crippen LogP contribution in [0.3, 0.4) is 0 Å². The Kier molecular flexibility index (Phi) is 3.45. The van der Waals surface area contributed by atoms with Gasteiger partial charge in [0.05, 0.1) is 0 Å². The molecule has 0 aromatic heterocycles. The Hall–Kier alpha value is -0.640. The Morgan fingerprint density at radius 3 is 2.09 bits per heavy atom. The summed E-state index contributed by atoms with van der Waals surface area (Å²) >= 11 is 0. The predicted molar refractivity (Wildman–Crippen MR) is 47.4 cm³/mol. The van der Waals surface area contributed by atoms with Gasteiger partial charge in [-0.3, -0.25) is 0 Å². The SMILES string of the molecule is C/C=C(/C)N=C(C)S(C)(=O)=O. The Morgan fingerprint density at radius 1 is 1.36 bits per heavy atom. The summed E-state index contributed by atoms with van der Waals surface area (Å²) in [6.45, 7) is 5.06. The molecule has 0 N–H and O–H groups in total. The van der Waals surface area contributed by atoms with Crippen LogP contribution >= 0.6 is 0 Å². The van der Waals surface area contributed by atoms with Crippen LogP contribution in [0.1, 0.15) is 20.8 Å². The first-order valence-electron chi connectivity index (χ1n) is 3.26. The second-order valence-electron chi connectivity index (χ2n) is 2.33. The van der Waals surface area contributed by atoms with Crippen molar-refractivity contribution in [3.05, 3.63) is 11.8 Å². The molecule has 11 heavy (non-hydrogen) atoms. The highest BCUT2D eigenvalue weighted by Gasteiger charge is 2.05. The molecule has 0 aliphatic heterocycles. The third kappa shape index (κ3) is 3.93. The molecule has 0 bridgehead atoms. The van der Waals surface area contributed by atoms with Crippen molar-refractivity contribution in [3.63, 3.8) is 0 Å². The molecule has 4 heteroatoms. The standard InChI is InChI=1S/C7H13NO2S/c1-5-6(2)8-7(3)11(4,9)10/h5H,1-4H3/b6-5-,8-7?. The molecule has 0 saturated carbocycles. The first-order valence-corrected chi connectivity index (χ1v) is 5.15. The molecule has 0 spiro atoms. The summed E-state index contributed by atoms with van der Waals surface area (Å²) < 4.78 is 21.6. The van der Waals surface area contributed by atoms with Crippen molar-refractivity contribution >= 4 is 14.9 Å². The fourth-order valence-electron chi connectivity index (χ4n) is 0.396. The van der Waals surface area contributed by atoms with Crippen LogP contribution in [0.4, 0.5) is 0 Å². The van der Waals surface area contributed by atoms with E-state index in [-0.39, 0.29) is 5.04 Å². The number of allylic oxidation sites excluding steroid dienone is 2. The summed E-state index contributed by atoms with van der Waals surface area (Å²) in [5.41, 5.74) is 0.716. The average Bonchev–Trinajstić information content (AvgIpc) is 1.85. The fourth-order valence-corrected chi connectivity index (χ4v) is 0.706. The van der Waals surface area contributed by atoms with E-state index in [1.807, 2.05) is 6.92 Å². The molecule has 0 radical (unpaired) electrons. The number of sulfone groups is 1. The largest absolute Gasteiger partial charge is 0.247 e. The van der Waals surface area contributed by atoms with Gasteiger partial charge in [-0.2, -0.15) is 0 Å². The molecule has 0 aliphatic carbocycles. The topological polar surface area (TPSA) is 46.5 Å². The van der Waals surface area contributed by atoms with E-state index < -0.39 is 9.84 Å². The molecule has 0 aromatic rings. The molecule has 3 nitrogen and oxygen atoms in total. The Balaban J connectivity index is 4.77. The molecular weight excluding hydrogens is 162 g/mol. The summed E-state index contributed by atoms with van der Waals surface area (Å²) in [7, 11) is -3.10. The van der Waals surface area contributed by atoms with E-state index in [9.17, 15) is 8.42 Å². The van der Waals surface area contributed by atoms with Crippen molar-refractivity contribution < 1.29 is 8.42 Å². The fraction of sp³-hybridized carbons (Fsp3) is 0.571. The monoisotopic (exact) mass is 175 g/mol. The lowest BCUT2D eigenvalue weighted by molar-refractivity contribution is 0.612. The van der Waals surface area contributed by atoms with Gasteiger partial charge >= 0.3 is 0 Å². The van der Waals surface area contributed by atoms with Crippen LogP contribution in [0, 0.1) is 0 Å². The van der Waals surface area contributed by atoms with Gasteiger partial charge in [0.1, 0.15) is 5.04 Å². The number of nitrogens with zero attached hydrogens (tertiary/aromatic N) is 1. The normalized spacial score (nSPS) is 15.3. The lowest BCUT2D eigenvalue weighted by atomic mass is 10.5. The van der Waals surface area contributed by atoms with Crippen LogP contribution in [0.25, 0.3) is 0 Å². The van der Waals surface area contributed by atoms with E-state index in [0.717, 1.165) is 6.26 Å².